The molecule has 0 saturated carbocycles. The Morgan fingerprint density at radius 3 is 2.33 bits per heavy atom. The molecule has 2 fully saturated rings. The van der Waals surface area contributed by atoms with Gasteiger partial charge in [0.25, 0.3) is 0 Å². The van der Waals surface area contributed by atoms with E-state index in [0.717, 1.165) is 18.5 Å². The number of piperidine rings is 1. The minimum atomic E-state index is 0.814. The molecule has 2 aliphatic rings. The molecule has 0 amide bonds. The molecule has 2 nitrogen and oxygen atoms in total. The predicted molar refractivity (Wildman–Crippen MR) is 54.5 cm³/mol. The third-order valence-electron chi connectivity index (χ3n) is 3.12. The van der Waals surface area contributed by atoms with Gasteiger partial charge in [0.2, 0.25) is 0 Å². The maximum Gasteiger partial charge on any atom is 0.0276 e. The number of thioether (sulfide) groups is 1. The van der Waals surface area contributed by atoms with Gasteiger partial charge >= 0.3 is 0 Å². The summed E-state index contributed by atoms with van der Waals surface area (Å²) in [5.74, 6) is 3.55. The van der Waals surface area contributed by atoms with Crippen LogP contribution in [0.3, 0.4) is 0 Å². The maximum absolute atomic E-state index is 5.65. The van der Waals surface area contributed by atoms with E-state index < -0.39 is 0 Å². The van der Waals surface area contributed by atoms with E-state index in [2.05, 4.69) is 16.7 Å². The summed E-state index contributed by atoms with van der Waals surface area (Å²) in [6, 6.07) is 0.911. The molecule has 2 N–H and O–H groups in total. The normalized spacial score (nSPS) is 28.8. The van der Waals surface area contributed by atoms with Gasteiger partial charge in [0, 0.05) is 17.5 Å². The number of rotatable bonds is 2. The lowest BCUT2D eigenvalue weighted by atomic mass is 9.96. The highest BCUT2D eigenvalue weighted by molar-refractivity contribution is 8.00. The van der Waals surface area contributed by atoms with Crippen molar-refractivity contribution in [1.82, 2.24) is 4.90 Å². The Morgan fingerprint density at radius 1 is 1.25 bits per heavy atom. The molecule has 2 saturated heterocycles. The van der Waals surface area contributed by atoms with Gasteiger partial charge in [0.05, 0.1) is 0 Å². The molecule has 2 aliphatic heterocycles. The van der Waals surface area contributed by atoms with Crippen LogP contribution in [-0.2, 0) is 0 Å². The van der Waals surface area contributed by atoms with E-state index in [9.17, 15) is 0 Å². The molecule has 0 radical (unpaired) electrons. The van der Waals surface area contributed by atoms with Crippen LogP contribution in [0.2, 0.25) is 0 Å². The molecule has 0 aromatic heterocycles. The van der Waals surface area contributed by atoms with E-state index in [1.54, 1.807) is 0 Å². The quantitative estimate of drug-likeness (QED) is 0.691. The Kier molecular flexibility index (Phi) is 2.94. The Labute approximate surface area is 78.9 Å². The van der Waals surface area contributed by atoms with Gasteiger partial charge in [-0.05, 0) is 38.4 Å². The van der Waals surface area contributed by atoms with Crippen molar-refractivity contribution < 1.29 is 0 Å². The van der Waals surface area contributed by atoms with Crippen molar-refractivity contribution in [3.8, 4) is 0 Å². The highest BCUT2D eigenvalue weighted by Crippen LogP contribution is 2.27. The molecule has 0 atom stereocenters. The molecule has 2 rings (SSSR count). The topological polar surface area (TPSA) is 29.3 Å². The Bertz CT molecular complexity index is 139. The second-order valence-electron chi connectivity index (χ2n) is 3.91. The lowest BCUT2D eigenvalue weighted by Gasteiger charge is -2.41. The number of nitrogens with zero attached hydrogens (tertiary/aromatic N) is 1. The van der Waals surface area contributed by atoms with E-state index in [-0.39, 0.29) is 0 Å². The largest absolute Gasteiger partial charge is 0.330 e. The summed E-state index contributed by atoms with van der Waals surface area (Å²) in [6.45, 7) is 3.49. The van der Waals surface area contributed by atoms with Gasteiger partial charge in [-0.3, -0.25) is 4.90 Å². The zero-order chi connectivity index (χ0) is 8.39. The molecule has 0 spiro atoms. The third kappa shape index (κ3) is 1.78. The highest BCUT2D eigenvalue weighted by Gasteiger charge is 2.28. The van der Waals surface area contributed by atoms with Crippen molar-refractivity contribution in [2.45, 2.75) is 18.9 Å². The standard InChI is InChI=1S/C9H18N2S/c10-5-8-1-3-11(4-2-8)9-6-12-7-9/h8-9H,1-7,10H2. The zero-order valence-corrected chi connectivity index (χ0v) is 8.35. The van der Waals surface area contributed by atoms with Crippen LogP contribution in [0.15, 0.2) is 0 Å². The van der Waals surface area contributed by atoms with Gasteiger partial charge in [-0.2, -0.15) is 11.8 Å². The molecule has 70 valence electrons. The van der Waals surface area contributed by atoms with Gasteiger partial charge in [0.1, 0.15) is 0 Å². The lowest BCUT2D eigenvalue weighted by molar-refractivity contribution is 0.151. The first-order valence-corrected chi connectivity index (χ1v) is 6.07. The minimum Gasteiger partial charge on any atom is -0.330 e. The molecule has 0 aromatic carbocycles. The molecule has 0 aromatic rings. The fourth-order valence-electron chi connectivity index (χ4n) is 1.99. The Morgan fingerprint density at radius 2 is 1.92 bits per heavy atom. The van der Waals surface area contributed by atoms with Gasteiger partial charge in [-0.25, -0.2) is 0 Å². The number of likely N-dealkylation sites (tertiary alicyclic amines) is 1. The van der Waals surface area contributed by atoms with Gasteiger partial charge in [0.15, 0.2) is 0 Å². The lowest BCUT2D eigenvalue weighted by Crippen LogP contribution is -2.48. The molecule has 0 bridgehead atoms. The summed E-state index contributed by atoms with van der Waals surface area (Å²) in [7, 11) is 0. The minimum absolute atomic E-state index is 0.814. The summed E-state index contributed by atoms with van der Waals surface area (Å²) in [4.78, 5) is 2.66. The Hall–Kier alpha value is 0.270. The van der Waals surface area contributed by atoms with Crippen molar-refractivity contribution in [2.24, 2.45) is 11.7 Å². The zero-order valence-electron chi connectivity index (χ0n) is 7.54. The van der Waals surface area contributed by atoms with Crippen molar-refractivity contribution in [3.05, 3.63) is 0 Å². The molecular weight excluding hydrogens is 168 g/mol. The van der Waals surface area contributed by atoms with E-state index in [0.29, 0.717) is 0 Å². The second-order valence-corrected chi connectivity index (χ2v) is 4.98. The number of hydrogen-bond donors (Lipinski definition) is 1. The van der Waals surface area contributed by atoms with Gasteiger partial charge < -0.3 is 5.73 Å². The maximum atomic E-state index is 5.65. The monoisotopic (exact) mass is 186 g/mol. The summed E-state index contributed by atoms with van der Waals surface area (Å²) in [5.41, 5.74) is 5.65. The number of hydrogen-bond acceptors (Lipinski definition) is 3. The third-order valence-corrected chi connectivity index (χ3v) is 4.36. The van der Waals surface area contributed by atoms with Crippen LogP contribution >= 0.6 is 11.8 Å². The molecule has 12 heavy (non-hydrogen) atoms. The van der Waals surface area contributed by atoms with Gasteiger partial charge in [-0.1, -0.05) is 0 Å². The summed E-state index contributed by atoms with van der Waals surface area (Å²) >= 11 is 2.08. The summed E-state index contributed by atoms with van der Waals surface area (Å²) in [5, 5.41) is 0. The van der Waals surface area contributed by atoms with Crippen LogP contribution in [0.5, 0.6) is 0 Å². The number of nitrogens with two attached hydrogens (primary N) is 1. The average Bonchev–Trinajstić information content (AvgIpc) is 2.03. The summed E-state index contributed by atoms with van der Waals surface area (Å²) < 4.78 is 0. The van der Waals surface area contributed by atoms with Crippen molar-refractivity contribution >= 4 is 11.8 Å². The highest BCUT2D eigenvalue weighted by atomic mass is 32.2. The fourth-order valence-corrected chi connectivity index (χ4v) is 2.86. The van der Waals surface area contributed by atoms with E-state index in [1.165, 1.54) is 37.4 Å². The second kappa shape index (κ2) is 3.99. The fraction of sp³-hybridized carbons (Fsp3) is 1.00. The first-order chi connectivity index (χ1) is 5.90. The first kappa shape index (κ1) is 8.85. The summed E-state index contributed by atoms with van der Waals surface area (Å²) in [6.07, 6.45) is 2.66. The van der Waals surface area contributed by atoms with Crippen LogP contribution in [0, 0.1) is 5.92 Å². The van der Waals surface area contributed by atoms with E-state index >= 15 is 0 Å². The first-order valence-electron chi connectivity index (χ1n) is 4.92. The SMILES string of the molecule is NCC1CCN(C2CSC2)CC1. The Balaban J connectivity index is 1.74. The van der Waals surface area contributed by atoms with Crippen LogP contribution in [0.25, 0.3) is 0 Å². The van der Waals surface area contributed by atoms with E-state index in [1.807, 2.05) is 0 Å². The van der Waals surface area contributed by atoms with Crippen LogP contribution < -0.4 is 5.73 Å². The van der Waals surface area contributed by atoms with Crippen LogP contribution in [0.1, 0.15) is 12.8 Å². The van der Waals surface area contributed by atoms with Crippen LogP contribution in [0.4, 0.5) is 0 Å². The molecule has 2 heterocycles. The van der Waals surface area contributed by atoms with Crippen molar-refractivity contribution in [3.63, 3.8) is 0 Å². The van der Waals surface area contributed by atoms with Crippen molar-refractivity contribution in [1.29, 1.82) is 0 Å². The predicted octanol–water partition coefficient (Wildman–Crippen LogP) is 0.772. The smallest absolute Gasteiger partial charge is 0.0276 e. The average molecular weight is 186 g/mol. The molecular formula is C9H18N2S. The van der Waals surface area contributed by atoms with Crippen molar-refractivity contribution in [2.75, 3.05) is 31.1 Å². The molecule has 0 unspecified atom stereocenters. The van der Waals surface area contributed by atoms with Gasteiger partial charge in [-0.15, -0.1) is 0 Å². The molecule has 3 heteroatoms. The molecule has 0 aliphatic carbocycles. The van der Waals surface area contributed by atoms with Crippen LogP contribution in [-0.4, -0.2) is 42.1 Å². The van der Waals surface area contributed by atoms with E-state index in [4.69, 9.17) is 5.73 Å².